The Morgan fingerprint density at radius 2 is 2.21 bits per heavy atom. The first-order valence-corrected chi connectivity index (χ1v) is 6.01. The lowest BCUT2D eigenvalue weighted by Crippen LogP contribution is -2.02. The van der Waals surface area contributed by atoms with Crippen LogP contribution in [0.15, 0.2) is 36.7 Å². The number of nitro benzene ring substituents is 1. The standard InChI is InChI=1S/C13H14N4O2/c1-2-6-15-13-9-14-8-12(16-13)10-4-3-5-11(7-10)17(18)19/h3-5,7-9H,2,6H2,1H3,(H,15,16). The summed E-state index contributed by atoms with van der Waals surface area (Å²) in [6.45, 7) is 2.87. The van der Waals surface area contributed by atoms with Crippen LogP contribution >= 0.6 is 0 Å². The third-order valence-corrected chi connectivity index (χ3v) is 2.54. The van der Waals surface area contributed by atoms with Gasteiger partial charge in [0.05, 0.1) is 23.0 Å². The number of hydrogen-bond acceptors (Lipinski definition) is 5. The van der Waals surface area contributed by atoms with Gasteiger partial charge in [-0.25, -0.2) is 4.98 Å². The summed E-state index contributed by atoms with van der Waals surface area (Å²) >= 11 is 0. The first kappa shape index (κ1) is 12.9. The first-order valence-electron chi connectivity index (χ1n) is 6.01. The smallest absolute Gasteiger partial charge is 0.270 e. The van der Waals surface area contributed by atoms with Gasteiger partial charge in [0.2, 0.25) is 0 Å². The molecule has 0 saturated heterocycles. The summed E-state index contributed by atoms with van der Waals surface area (Å²) in [5, 5.41) is 13.9. The van der Waals surface area contributed by atoms with Crippen molar-refractivity contribution in [1.82, 2.24) is 9.97 Å². The molecule has 0 spiro atoms. The van der Waals surface area contributed by atoms with Crippen molar-refractivity contribution in [2.75, 3.05) is 11.9 Å². The summed E-state index contributed by atoms with van der Waals surface area (Å²) in [5.41, 5.74) is 1.35. The van der Waals surface area contributed by atoms with Gasteiger partial charge in [0.1, 0.15) is 5.82 Å². The van der Waals surface area contributed by atoms with E-state index in [-0.39, 0.29) is 5.69 Å². The van der Waals surface area contributed by atoms with Gasteiger partial charge >= 0.3 is 0 Å². The van der Waals surface area contributed by atoms with Crippen LogP contribution in [0.3, 0.4) is 0 Å². The predicted octanol–water partition coefficient (Wildman–Crippen LogP) is 2.87. The van der Waals surface area contributed by atoms with E-state index in [1.54, 1.807) is 24.5 Å². The molecule has 0 radical (unpaired) electrons. The van der Waals surface area contributed by atoms with E-state index in [1.165, 1.54) is 12.1 Å². The topological polar surface area (TPSA) is 81.0 Å². The molecule has 0 aliphatic heterocycles. The quantitative estimate of drug-likeness (QED) is 0.658. The van der Waals surface area contributed by atoms with Gasteiger partial charge in [-0.3, -0.25) is 15.1 Å². The molecular weight excluding hydrogens is 244 g/mol. The highest BCUT2D eigenvalue weighted by Crippen LogP contribution is 2.22. The van der Waals surface area contributed by atoms with Crippen LogP contribution in [0.4, 0.5) is 11.5 Å². The van der Waals surface area contributed by atoms with Crippen molar-refractivity contribution < 1.29 is 4.92 Å². The molecule has 1 N–H and O–H groups in total. The van der Waals surface area contributed by atoms with Gasteiger partial charge in [0.15, 0.2) is 0 Å². The molecule has 0 atom stereocenters. The summed E-state index contributed by atoms with van der Waals surface area (Å²) < 4.78 is 0. The van der Waals surface area contributed by atoms with E-state index in [1.807, 2.05) is 0 Å². The zero-order valence-electron chi connectivity index (χ0n) is 10.5. The summed E-state index contributed by atoms with van der Waals surface area (Å²) in [6, 6.07) is 6.37. The number of nitrogens with zero attached hydrogens (tertiary/aromatic N) is 3. The fourth-order valence-corrected chi connectivity index (χ4v) is 1.62. The predicted molar refractivity (Wildman–Crippen MR) is 72.9 cm³/mol. The molecule has 0 aliphatic rings. The Kier molecular flexibility index (Phi) is 4.02. The van der Waals surface area contributed by atoms with Crippen molar-refractivity contribution in [3.8, 4) is 11.3 Å². The Balaban J connectivity index is 2.30. The number of nitro groups is 1. The molecule has 1 aromatic heterocycles. The lowest BCUT2D eigenvalue weighted by Gasteiger charge is -2.05. The number of nitrogens with one attached hydrogen (secondary N) is 1. The Labute approximate surface area is 110 Å². The van der Waals surface area contributed by atoms with Crippen LogP contribution in [0.1, 0.15) is 13.3 Å². The van der Waals surface area contributed by atoms with Gasteiger partial charge < -0.3 is 5.32 Å². The normalized spacial score (nSPS) is 10.2. The number of hydrogen-bond donors (Lipinski definition) is 1. The molecule has 98 valence electrons. The van der Waals surface area contributed by atoms with E-state index in [0.29, 0.717) is 17.1 Å². The highest BCUT2D eigenvalue weighted by molar-refractivity contribution is 5.63. The van der Waals surface area contributed by atoms with Gasteiger partial charge in [-0.1, -0.05) is 19.1 Å². The zero-order chi connectivity index (χ0) is 13.7. The van der Waals surface area contributed by atoms with Crippen LogP contribution in [0, 0.1) is 10.1 Å². The number of non-ortho nitro benzene ring substituents is 1. The maximum Gasteiger partial charge on any atom is 0.270 e. The SMILES string of the molecule is CCCNc1cncc(-c2cccc([N+](=O)[O-])c2)n1. The third-order valence-electron chi connectivity index (χ3n) is 2.54. The molecule has 0 amide bonds. The van der Waals surface area contributed by atoms with E-state index in [0.717, 1.165) is 13.0 Å². The molecular formula is C13H14N4O2. The summed E-state index contributed by atoms with van der Waals surface area (Å²) in [6.07, 6.45) is 4.22. The van der Waals surface area contributed by atoms with Crippen LogP contribution in [0.25, 0.3) is 11.3 Å². The highest BCUT2D eigenvalue weighted by atomic mass is 16.6. The average Bonchev–Trinajstić information content (AvgIpc) is 2.45. The van der Waals surface area contributed by atoms with Crippen molar-refractivity contribution in [1.29, 1.82) is 0 Å². The number of benzene rings is 1. The van der Waals surface area contributed by atoms with Crippen molar-refractivity contribution >= 4 is 11.5 Å². The van der Waals surface area contributed by atoms with Gasteiger partial charge in [0.25, 0.3) is 5.69 Å². The Morgan fingerprint density at radius 1 is 1.37 bits per heavy atom. The number of anilines is 1. The second-order valence-corrected chi connectivity index (χ2v) is 4.02. The Morgan fingerprint density at radius 3 is 2.95 bits per heavy atom. The minimum absolute atomic E-state index is 0.0474. The lowest BCUT2D eigenvalue weighted by atomic mass is 10.1. The minimum atomic E-state index is -0.421. The van der Waals surface area contributed by atoms with Crippen molar-refractivity contribution in [3.63, 3.8) is 0 Å². The molecule has 6 heteroatoms. The zero-order valence-corrected chi connectivity index (χ0v) is 10.5. The van der Waals surface area contributed by atoms with Gasteiger partial charge in [-0.05, 0) is 6.42 Å². The second kappa shape index (κ2) is 5.90. The van der Waals surface area contributed by atoms with Crippen LogP contribution < -0.4 is 5.32 Å². The second-order valence-electron chi connectivity index (χ2n) is 4.02. The van der Waals surface area contributed by atoms with Crippen molar-refractivity contribution in [3.05, 3.63) is 46.8 Å². The molecule has 2 aromatic rings. The van der Waals surface area contributed by atoms with Gasteiger partial charge in [-0.2, -0.15) is 0 Å². The lowest BCUT2D eigenvalue weighted by molar-refractivity contribution is -0.384. The Hall–Kier alpha value is -2.50. The summed E-state index contributed by atoms with van der Waals surface area (Å²) in [4.78, 5) is 18.8. The van der Waals surface area contributed by atoms with E-state index < -0.39 is 4.92 Å². The monoisotopic (exact) mass is 258 g/mol. The van der Waals surface area contributed by atoms with E-state index in [9.17, 15) is 10.1 Å². The minimum Gasteiger partial charge on any atom is -0.369 e. The van der Waals surface area contributed by atoms with Crippen LogP contribution in [-0.2, 0) is 0 Å². The Bertz CT molecular complexity index is 586. The van der Waals surface area contributed by atoms with Crippen LogP contribution in [-0.4, -0.2) is 21.4 Å². The largest absolute Gasteiger partial charge is 0.369 e. The molecule has 0 bridgehead atoms. The van der Waals surface area contributed by atoms with E-state index in [4.69, 9.17) is 0 Å². The summed E-state index contributed by atoms with van der Waals surface area (Å²) in [7, 11) is 0. The fourth-order valence-electron chi connectivity index (χ4n) is 1.62. The van der Waals surface area contributed by atoms with Crippen LogP contribution in [0.2, 0.25) is 0 Å². The molecule has 2 rings (SSSR count). The van der Waals surface area contributed by atoms with Gasteiger partial charge in [0, 0.05) is 24.2 Å². The van der Waals surface area contributed by atoms with E-state index in [2.05, 4.69) is 22.2 Å². The maximum absolute atomic E-state index is 10.7. The highest BCUT2D eigenvalue weighted by Gasteiger charge is 2.08. The molecule has 6 nitrogen and oxygen atoms in total. The van der Waals surface area contributed by atoms with Crippen molar-refractivity contribution in [2.45, 2.75) is 13.3 Å². The molecule has 0 unspecified atom stereocenters. The van der Waals surface area contributed by atoms with Crippen LogP contribution in [0.5, 0.6) is 0 Å². The average molecular weight is 258 g/mol. The molecule has 0 aliphatic carbocycles. The molecule has 1 aromatic carbocycles. The van der Waals surface area contributed by atoms with E-state index >= 15 is 0 Å². The number of rotatable bonds is 5. The molecule has 0 saturated carbocycles. The molecule has 1 heterocycles. The van der Waals surface area contributed by atoms with Crippen molar-refractivity contribution in [2.24, 2.45) is 0 Å². The first-order chi connectivity index (χ1) is 9.20. The molecule has 19 heavy (non-hydrogen) atoms. The summed E-state index contributed by atoms with van der Waals surface area (Å²) in [5.74, 6) is 0.672. The maximum atomic E-state index is 10.7. The van der Waals surface area contributed by atoms with Gasteiger partial charge in [-0.15, -0.1) is 0 Å². The molecule has 0 fully saturated rings. The number of aromatic nitrogens is 2. The third kappa shape index (κ3) is 3.25. The fraction of sp³-hybridized carbons (Fsp3) is 0.231.